The van der Waals surface area contributed by atoms with Crippen molar-refractivity contribution in [1.82, 2.24) is 9.88 Å². The molecular weight excluding hydrogens is 240 g/mol. The van der Waals surface area contributed by atoms with Crippen LogP contribution in [0.3, 0.4) is 0 Å². The molecule has 0 atom stereocenters. The number of anilines is 1. The molecule has 0 bridgehead atoms. The highest BCUT2D eigenvalue weighted by Gasteiger charge is 2.09. The van der Waals surface area contributed by atoms with Gasteiger partial charge in [-0.3, -0.25) is 4.90 Å². The van der Waals surface area contributed by atoms with Gasteiger partial charge in [-0.2, -0.15) is 0 Å². The number of pyridine rings is 1. The van der Waals surface area contributed by atoms with Crippen molar-refractivity contribution in [2.24, 2.45) is 5.84 Å². The van der Waals surface area contributed by atoms with Crippen LogP contribution in [0.25, 0.3) is 0 Å². The first kappa shape index (κ1) is 14.2. The van der Waals surface area contributed by atoms with Crippen molar-refractivity contribution in [3.63, 3.8) is 0 Å². The lowest BCUT2D eigenvalue weighted by molar-refractivity contribution is 0.147. The fourth-order valence-corrected chi connectivity index (χ4v) is 1.62. The molecule has 0 aliphatic rings. The lowest BCUT2D eigenvalue weighted by Gasteiger charge is -2.20. The van der Waals surface area contributed by atoms with E-state index in [1.54, 1.807) is 19.2 Å². The van der Waals surface area contributed by atoms with Crippen LogP contribution in [0, 0.1) is 0 Å². The van der Waals surface area contributed by atoms with Crippen LogP contribution < -0.4 is 11.3 Å². The van der Waals surface area contributed by atoms with Gasteiger partial charge in [-0.1, -0.05) is 18.5 Å². The molecule has 3 N–H and O–H groups in total. The zero-order valence-corrected chi connectivity index (χ0v) is 11.0. The molecule has 0 aromatic carbocycles. The largest absolute Gasteiger partial charge is 0.383 e. The highest BCUT2D eigenvalue weighted by molar-refractivity contribution is 6.31. The SMILES string of the molecule is CCN(CCOC)Cc1nc(NN)ccc1Cl. The Bertz CT molecular complexity index is 348. The third-order valence-corrected chi connectivity index (χ3v) is 2.84. The van der Waals surface area contributed by atoms with Crippen molar-refractivity contribution in [1.29, 1.82) is 0 Å². The molecule has 0 spiro atoms. The van der Waals surface area contributed by atoms with Crippen molar-refractivity contribution in [3.8, 4) is 0 Å². The summed E-state index contributed by atoms with van der Waals surface area (Å²) < 4.78 is 5.06. The van der Waals surface area contributed by atoms with E-state index in [0.717, 1.165) is 18.8 Å². The molecule has 0 radical (unpaired) electrons. The maximum atomic E-state index is 6.10. The second-order valence-corrected chi connectivity index (χ2v) is 4.04. The molecule has 0 fully saturated rings. The van der Waals surface area contributed by atoms with Gasteiger partial charge in [-0.05, 0) is 18.7 Å². The third kappa shape index (κ3) is 4.47. The zero-order chi connectivity index (χ0) is 12.7. The number of aromatic nitrogens is 1. The molecule has 1 heterocycles. The molecule has 1 aromatic rings. The van der Waals surface area contributed by atoms with Gasteiger partial charge in [0.05, 0.1) is 17.3 Å². The monoisotopic (exact) mass is 258 g/mol. The number of rotatable bonds is 7. The Kier molecular flexibility index (Phi) is 6.21. The molecule has 0 saturated heterocycles. The quantitative estimate of drug-likeness (QED) is 0.573. The lowest BCUT2D eigenvalue weighted by atomic mass is 10.3. The minimum absolute atomic E-state index is 0.618. The summed E-state index contributed by atoms with van der Waals surface area (Å²) in [6.45, 7) is 5.25. The minimum atomic E-state index is 0.618. The molecule has 1 aromatic heterocycles. The molecule has 96 valence electrons. The van der Waals surface area contributed by atoms with E-state index in [4.69, 9.17) is 22.2 Å². The van der Waals surface area contributed by atoms with E-state index in [-0.39, 0.29) is 0 Å². The maximum absolute atomic E-state index is 6.10. The molecular formula is C11H19ClN4O. The first-order valence-corrected chi connectivity index (χ1v) is 5.92. The Morgan fingerprint density at radius 3 is 2.88 bits per heavy atom. The summed E-state index contributed by atoms with van der Waals surface area (Å²) in [7, 11) is 1.69. The minimum Gasteiger partial charge on any atom is -0.383 e. The topological polar surface area (TPSA) is 63.4 Å². The second kappa shape index (κ2) is 7.45. The normalized spacial score (nSPS) is 10.9. The van der Waals surface area contributed by atoms with E-state index in [9.17, 15) is 0 Å². The number of hydrogen-bond acceptors (Lipinski definition) is 5. The number of hydrogen-bond donors (Lipinski definition) is 2. The van der Waals surface area contributed by atoms with E-state index in [2.05, 4.69) is 22.2 Å². The van der Waals surface area contributed by atoms with Gasteiger partial charge < -0.3 is 10.2 Å². The number of methoxy groups -OCH3 is 1. The van der Waals surface area contributed by atoms with Gasteiger partial charge in [-0.15, -0.1) is 0 Å². The summed E-state index contributed by atoms with van der Waals surface area (Å²) in [4.78, 5) is 6.54. The number of nitrogens with two attached hydrogens (primary N) is 1. The van der Waals surface area contributed by atoms with E-state index in [0.29, 0.717) is 24.0 Å². The molecule has 1 rings (SSSR count). The number of nitrogen functional groups attached to an aromatic ring is 1. The molecule has 5 nitrogen and oxygen atoms in total. The van der Waals surface area contributed by atoms with Gasteiger partial charge >= 0.3 is 0 Å². The lowest BCUT2D eigenvalue weighted by Crippen LogP contribution is -2.27. The maximum Gasteiger partial charge on any atom is 0.140 e. The molecule has 0 amide bonds. The first-order chi connectivity index (χ1) is 8.21. The predicted molar refractivity (Wildman–Crippen MR) is 69.9 cm³/mol. The van der Waals surface area contributed by atoms with Gasteiger partial charge in [0.15, 0.2) is 0 Å². The predicted octanol–water partition coefficient (Wildman–Crippen LogP) is 1.49. The average Bonchev–Trinajstić information content (AvgIpc) is 2.36. The Balaban J connectivity index is 2.70. The number of nitrogens with one attached hydrogen (secondary N) is 1. The molecule has 6 heteroatoms. The third-order valence-electron chi connectivity index (χ3n) is 2.50. The van der Waals surface area contributed by atoms with Gasteiger partial charge in [0.25, 0.3) is 0 Å². The molecule has 0 unspecified atom stereocenters. The second-order valence-electron chi connectivity index (χ2n) is 3.63. The number of likely N-dealkylation sites (N-methyl/N-ethyl adjacent to an activating group) is 1. The van der Waals surface area contributed by atoms with Crippen LogP contribution in [0.4, 0.5) is 5.82 Å². The van der Waals surface area contributed by atoms with Crippen molar-refractivity contribution in [2.75, 3.05) is 32.2 Å². The summed E-state index contributed by atoms with van der Waals surface area (Å²) in [5, 5.41) is 0.653. The smallest absolute Gasteiger partial charge is 0.140 e. The standard InChI is InChI=1S/C11H19ClN4O/c1-3-16(6-7-17-2)8-10-9(12)4-5-11(14-10)15-13/h4-5H,3,6-8,13H2,1-2H3,(H,14,15). The van der Waals surface area contributed by atoms with Crippen molar-refractivity contribution in [3.05, 3.63) is 22.8 Å². The molecule has 17 heavy (non-hydrogen) atoms. The van der Waals surface area contributed by atoms with Crippen LogP contribution in [-0.4, -0.2) is 36.7 Å². The van der Waals surface area contributed by atoms with E-state index < -0.39 is 0 Å². The summed E-state index contributed by atoms with van der Waals surface area (Å²) in [5.41, 5.74) is 3.34. The Labute approximate surface area is 107 Å². The van der Waals surface area contributed by atoms with Gasteiger partial charge in [-0.25, -0.2) is 10.8 Å². The number of halogens is 1. The van der Waals surface area contributed by atoms with Crippen LogP contribution in [-0.2, 0) is 11.3 Å². The number of nitrogens with zero attached hydrogens (tertiary/aromatic N) is 2. The summed E-state index contributed by atoms with van der Waals surface area (Å²) in [5.74, 6) is 5.94. The summed E-state index contributed by atoms with van der Waals surface area (Å²) >= 11 is 6.10. The summed E-state index contributed by atoms with van der Waals surface area (Å²) in [6.07, 6.45) is 0. The molecule has 0 aliphatic carbocycles. The Morgan fingerprint density at radius 1 is 1.53 bits per heavy atom. The van der Waals surface area contributed by atoms with Gasteiger partial charge in [0.2, 0.25) is 0 Å². The fourth-order valence-electron chi connectivity index (χ4n) is 1.46. The Hall–Kier alpha value is -0.880. The van der Waals surface area contributed by atoms with Crippen LogP contribution in [0.1, 0.15) is 12.6 Å². The van der Waals surface area contributed by atoms with Gasteiger partial charge in [0, 0.05) is 20.2 Å². The number of ether oxygens (including phenoxy) is 1. The van der Waals surface area contributed by atoms with E-state index in [1.807, 2.05) is 0 Å². The van der Waals surface area contributed by atoms with Crippen LogP contribution in [0.2, 0.25) is 5.02 Å². The average molecular weight is 259 g/mol. The van der Waals surface area contributed by atoms with Crippen LogP contribution in [0.5, 0.6) is 0 Å². The molecule has 0 saturated carbocycles. The summed E-state index contributed by atoms with van der Waals surface area (Å²) in [6, 6.07) is 3.54. The highest BCUT2D eigenvalue weighted by atomic mass is 35.5. The zero-order valence-electron chi connectivity index (χ0n) is 10.2. The van der Waals surface area contributed by atoms with E-state index in [1.165, 1.54) is 0 Å². The number of hydrazine groups is 1. The highest BCUT2D eigenvalue weighted by Crippen LogP contribution is 2.17. The van der Waals surface area contributed by atoms with Gasteiger partial charge in [0.1, 0.15) is 5.82 Å². The van der Waals surface area contributed by atoms with Crippen molar-refractivity contribution < 1.29 is 4.74 Å². The van der Waals surface area contributed by atoms with Crippen LogP contribution >= 0.6 is 11.6 Å². The van der Waals surface area contributed by atoms with Crippen molar-refractivity contribution >= 4 is 17.4 Å². The van der Waals surface area contributed by atoms with Crippen molar-refractivity contribution in [2.45, 2.75) is 13.5 Å². The fraction of sp³-hybridized carbons (Fsp3) is 0.545. The first-order valence-electron chi connectivity index (χ1n) is 5.54. The van der Waals surface area contributed by atoms with E-state index >= 15 is 0 Å². The Morgan fingerprint density at radius 2 is 2.29 bits per heavy atom. The van der Waals surface area contributed by atoms with Crippen LogP contribution in [0.15, 0.2) is 12.1 Å². The molecule has 0 aliphatic heterocycles.